The number of aromatic nitrogens is 2. The molecule has 3 rings (SSSR count). The minimum atomic E-state index is -0.821. The van der Waals surface area contributed by atoms with E-state index < -0.39 is 12.1 Å². The van der Waals surface area contributed by atoms with Crippen LogP contribution < -0.4 is 10.6 Å². The maximum atomic E-state index is 13.6. The van der Waals surface area contributed by atoms with E-state index in [1.54, 1.807) is 12.5 Å². The van der Waals surface area contributed by atoms with Gasteiger partial charge in [0.25, 0.3) is 0 Å². The highest BCUT2D eigenvalue weighted by Crippen LogP contribution is 2.18. The molecule has 0 bridgehead atoms. The van der Waals surface area contributed by atoms with Gasteiger partial charge in [-0.05, 0) is 49.1 Å². The van der Waals surface area contributed by atoms with Crippen LogP contribution in [0, 0.1) is 11.8 Å². The molecule has 7 nitrogen and oxygen atoms in total. The Kier molecular flexibility index (Phi) is 11.1. The van der Waals surface area contributed by atoms with E-state index in [1.165, 1.54) is 11.1 Å². The maximum Gasteiger partial charge on any atom is 0.243 e. The summed E-state index contributed by atoms with van der Waals surface area (Å²) in [4.78, 5) is 45.4. The number of imidazole rings is 1. The van der Waals surface area contributed by atoms with Gasteiger partial charge in [0.05, 0.1) is 12.4 Å². The van der Waals surface area contributed by atoms with Gasteiger partial charge >= 0.3 is 0 Å². The van der Waals surface area contributed by atoms with Crippen molar-refractivity contribution in [2.45, 2.75) is 64.5 Å². The van der Waals surface area contributed by atoms with Gasteiger partial charge in [0.15, 0.2) is 0 Å². The third-order valence-electron chi connectivity index (χ3n) is 6.45. The van der Waals surface area contributed by atoms with Crippen molar-refractivity contribution in [2.75, 3.05) is 0 Å². The molecule has 7 heteroatoms. The van der Waals surface area contributed by atoms with Gasteiger partial charge in [0.2, 0.25) is 11.8 Å². The van der Waals surface area contributed by atoms with E-state index in [0.29, 0.717) is 19.3 Å². The summed E-state index contributed by atoms with van der Waals surface area (Å²) in [6.45, 7) is 3.99. The Labute approximate surface area is 219 Å². The molecule has 3 N–H and O–H groups in total. The first-order valence-corrected chi connectivity index (χ1v) is 13.1. The molecule has 2 atom stereocenters. The smallest absolute Gasteiger partial charge is 0.243 e. The number of carbonyl (C=O) groups is 3. The van der Waals surface area contributed by atoms with Crippen molar-refractivity contribution in [3.05, 3.63) is 90.0 Å². The fourth-order valence-electron chi connectivity index (χ4n) is 4.43. The predicted octanol–water partition coefficient (Wildman–Crippen LogP) is 4.05. The summed E-state index contributed by atoms with van der Waals surface area (Å²) in [6, 6.07) is 18.8. The van der Waals surface area contributed by atoms with Crippen LogP contribution in [0.5, 0.6) is 0 Å². The highest BCUT2D eigenvalue weighted by Gasteiger charge is 2.28. The number of H-pyrrole nitrogens is 1. The quantitative estimate of drug-likeness (QED) is 0.273. The minimum Gasteiger partial charge on any atom is -0.348 e. The largest absolute Gasteiger partial charge is 0.348 e. The molecule has 1 heterocycles. The van der Waals surface area contributed by atoms with Crippen LogP contribution in [0.3, 0.4) is 0 Å². The highest BCUT2D eigenvalue weighted by atomic mass is 16.2. The average Bonchev–Trinajstić information content (AvgIpc) is 3.42. The number of aryl methyl sites for hydroxylation is 2. The van der Waals surface area contributed by atoms with Crippen molar-refractivity contribution in [1.29, 1.82) is 0 Å². The van der Waals surface area contributed by atoms with E-state index in [1.807, 2.05) is 50.2 Å². The van der Waals surface area contributed by atoms with Crippen molar-refractivity contribution in [2.24, 2.45) is 11.8 Å². The number of nitrogens with one attached hydrogen (secondary N) is 3. The second-order valence-corrected chi connectivity index (χ2v) is 9.97. The lowest BCUT2D eigenvalue weighted by Crippen LogP contribution is -2.52. The predicted molar refractivity (Wildman–Crippen MR) is 145 cm³/mol. The molecule has 0 spiro atoms. The molecular weight excluding hydrogens is 464 g/mol. The number of aldehydes is 1. The first-order valence-electron chi connectivity index (χ1n) is 13.1. The third kappa shape index (κ3) is 9.67. The van der Waals surface area contributed by atoms with Crippen molar-refractivity contribution >= 4 is 18.1 Å². The van der Waals surface area contributed by atoms with Crippen molar-refractivity contribution in [3.63, 3.8) is 0 Å². The van der Waals surface area contributed by atoms with Gasteiger partial charge in [-0.15, -0.1) is 0 Å². The van der Waals surface area contributed by atoms with Gasteiger partial charge in [0, 0.05) is 24.2 Å². The fraction of sp³-hybridized carbons (Fsp3) is 0.400. The number of hydrogen-bond donors (Lipinski definition) is 3. The average molecular weight is 503 g/mol. The molecule has 0 aliphatic rings. The molecular formula is C30H38N4O3. The number of hydrogen-bond acceptors (Lipinski definition) is 4. The van der Waals surface area contributed by atoms with E-state index >= 15 is 0 Å². The van der Waals surface area contributed by atoms with E-state index in [0.717, 1.165) is 24.8 Å². The topological polar surface area (TPSA) is 104 Å². The summed E-state index contributed by atoms with van der Waals surface area (Å²) < 4.78 is 0. The number of nitrogens with zero attached hydrogens (tertiary/aromatic N) is 1. The molecule has 0 aliphatic carbocycles. The number of aromatic amines is 1. The lowest BCUT2D eigenvalue weighted by Gasteiger charge is -2.24. The monoisotopic (exact) mass is 502 g/mol. The Bertz CT molecular complexity index is 1040. The molecule has 2 amide bonds. The summed E-state index contributed by atoms with van der Waals surface area (Å²) >= 11 is 0. The van der Waals surface area contributed by atoms with Gasteiger partial charge in [-0.1, -0.05) is 74.5 Å². The lowest BCUT2D eigenvalue weighted by atomic mass is 9.92. The summed E-state index contributed by atoms with van der Waals surface area (Å²) in [7, 11) is 0. The van der Waals surface area contributed by atoms with E-state index in [9.17, 15) is 14.4 Å². The Morgan fingerprint density at radius 2 is 1.49 bits per heavy atom. The molecule has 0 saturated heterocycles. The SMILES string of the molecule is CC(C)C[C@@H](C=O)NC(=O)[C@H](Cc1cnc[nH]1)NC(=O)C(CCc1ccccc1)CCc1ccccc1. The van der Waals surface area contributed by atoms with Gasteiger partial charge in [-0.2, -0.15) is 0 Å². The molecule has 1 aromatic heterocycles. The molecule has 2 aromatic carbocycles. The first kappa shape index (κ1) is 27.8. The van der Waals surface area contributed by atoms with Crippen molar-refractivity contribution in [1.82, 2.24) is 20.6 Å². The fourth-order valence-corrected chi connectivity index (χ4v) is 4.43. The first-order chi connectivity index (χ1) is 17.9. The zero-order valence-electron chi connectivity index (χ0n) is 21.7. The van der Waals surface area contributed by atoms with E-state index in [2.05, 4.69) is 44.9 Å². The molecule has 0 radical (unpaired) electrons. The molecule has 0 unspecified atom stereocenters. The Morgan fingerprint density at radius 1 is 0.892 bits per heavy atom. The second kappa shape index (κ2) is 14.7. The van der Waals surface area contributed by atoms with Gasteiger partial charge in [0.1, 0.15) is 12.3 Å². The Balaban J connectivity index is 1.73. The number of amides is 2. The van der Waals surface area contributed by atoms with Gasteiger partial charge in [-0.3, -0.25) is 9.59 Å². The van der Waals surface area contributed by atoms with Crippen molar-refractivity contribution in [3.8, 4) is 0 Å². The standard InChI is InChI=1S/C30H38N4O3/c1-22(2)17-27(20-35)33-30(37)28(18-26-19-31-21-32-26)34-29(36)25(15-13-23-9-5-3-6-10-23)16-14-24-11-7-4-8-12-24/h3-12,19-22,25,27-28H,13-18H2,1-2H3,(H,31,32)(H,33,37)(H,34,36)/t27-,28-/m0/s1. The second-order valence-electron chi connectivity index (χ2n) is 9.97. The Hall–Kier alpha value is -3.74. The molecule has 0 aliphatic heterocycles. The molecule has 0 saturated carbocycles. The summed E-state index contributed by atoms with van der Waals surface area (Å²) in [5.41, 5.74) is 3.08. The van der Waals surface area contributed by atoms with Gasteiger partial charge < -0.3 is 20.4 Å². The summed E-state index contributed by atoms with van der Waals surface area (Å²) in [5, 5.41) is 5.81. The van der Waals surface area contributed by atoms with Crippen LogP contribution in [0.15, 0.2) is 73.2 Å². The zero-order valence-corrected chi connectivity index (χ0v) is 21.7. The van der Waals surface area contributed by atoms with Crippen LogP contribution in [0.2, 0.25) is 0 Å². The van der Waals surface area contributed by atoms with E-state index in [-0.39, 0.29) is 30.1 Å². The lowest BCUT2D eigenvalue weighted by molar-refractivity contribution is -0.132. The van der Waals surface area contributed by atoms with Crippen LogP contribution in [0.1, 0.15) is 49.9 Å². The van der Waals surface area contributed by atoms with Gasteiger partial charge in [-0.25, -0.2) is 4.98 Å². The van der Waals surface area contributed by atoms with Crippen LogP contribution in [-0.4, -0.2) is 40.2 Å². The molecule has 3 aromatic rings. The summed E-state index contributed by atoms with van der Waals surface area (Å²) in [6.07, 6.45) is 7.62. The normalized spacial score (nSPS) is 12.8. The van der Waals surface area contributed by atoms with E-state index in [4.69, 9.17) is 0 Å². The highest BCUT2D eigenvalue weighted by molar-refractivity contribution is 5.90. The van der Waals surface area contributed by atoms with Crippen molar-refractivity contribution < 1.29 is 14.4 Å². The van der Waals surface area contributed by atoms with Crippen LogP contribution in [-0.2, 0) is 33.6 Å². The minimum absolute atomic E-state index is 0.155. The molecule has 37 heavy (non-hydrogen) atoms. The van der Waals surface area contributed by atoms with Crippen LogP contribution in [0.25, 0.3) is 0 Å². The number of carbonyl (C=O) groups excluding carboxylic acids is 3. The third-order valence-corrected chi connectivity index (χ3v) is 6.45. The van der Waals surface area contributed by atoms with Crippen LogP contribution >= 0.6 is 0 Å². The number of benzene rings is 2. The number of rotatable bonds is 15. The zero-order chi connectivity index (χ0) is 26.5. The maximum absolute atomic E-state index is 13.6. The molecule has 0 fully saturated rings. The van der Waals surface area contributed by atoms with Crippen LogP contribution in [0.4, 0.5) is 0 Å². The summed E-state index contributed by atoms with van der Waals surface area (Å²) in [5.74, 6) is -0.546. The molecule has 196 valence electrons. The Morgan fingerprint density at radius 3 is 1.97 bits per heavy atom.